The van der Waals surface area contributed by atoms with E-state index in [1.165, 1.54) is 18.2 Å². The molecular weight excluding hydrogens is 269 g/mol. The summed E-state index contributed by atoms with van der Waals surface area (Å²) in [5, 5.41) is -0.781. The first-order chi connectivity index (χ1) is 8.36. The molecule has 18 heavy (non-hydrogen) atoms. The van der Waals surface area contributed by atoms with Gasteiger partial charge in [0.05, 0.1) is 5.56 Å². The Balaban J connectivity index is 3.17. The molecule has 0 amide bonds. The average molecular weight is 279 g/mol. The largest absolute Gasteiger partial charge is 0.484 e. The molecule has 0 aliphatic rings. The van der Waals surface area contributed by atoms with Crippen LogP contribution in [0.1, 0.15) is 11.1 Å². The van der Waals surface area contributed by atoms with E-state index in [0.29, 0.717) is 0 Å². The molecular formula is C12H10ClF3O2. The maximum atomic E-state index is 12.8. The van der Waals surface area contributed by atoms with Crippen molar-refractivity contribution >= 4 is 16.8 Å². The lowest BCUT2D eigenvalue weighted by atomic mass is 10.0. The second-order valence-electron chi connectivity index (χ2n) is 3.42. The zero-order chi connectivity index (χ0) is 13.8. The molecule has 1 rings (SSSR count). The molecule has 0 unspecified atom stereocenters. The van der Waals surface area contributed by atoms with Crippen molar-refractivity contribution in [3.63, 3.8) is 0 Å². The van der Waals surface area contributed by atoms with Crippen molar-refractivity contribution in [3.8, 4) is 5.75 Å². The molecule has 0 N–H and O–H groups in total. The van der Waals surface area contributed by atoms with Crippen LogP contribution in [0, 0.1) is 0 Å². The molecule has 0 spiro atoms. The van der Waals surface area contributed by atoms with Crippen LogP contribution in [-0.4, -0.2) is 11.8 Å². The van der Waals surface area contributed by atoms with Gasteiger partial charge in [0.15, 0.2) is 6.61 Å². The van der Waals surface area contributed by atoms with Crippen LogP contribution < -0.4 is 4.74 Å². The number of halogens is 4. The minimum Gasteiger partial charge on any atom is -0.484 e. The number of ether oxygens (including phenoxy) is 1. The monoisotopic (exact) mass is 278 g/mol. The summed E-state index contributed by atoms with van der Waals surface area (Å²) in [6, 6.07) is 3.52. The van der Waals surface area contributed by atoms with Gasteiger partial charge >= 0.3 is 6.18 Å². The van der Waals surface area contributed by atoms with Gasteiger partial charge in [-0.05, 0) is 30.2 Å². The van der Waals surface area contributed by atoms with Gasteiger partial charge in [-0.1, -0.05) is 12.1 Å². The van der Waals surface area contributed by atoms with Crippen LogP contribution in [0.2, 0.25) is 0 Å². The summed E-state index contributed by atoms with van der Waals surface area (Å²) in [4.78, 5) is 10.6. The summed E-state index contributed by atoms with van der Waals surface area (Å²) in [6.45, 7) is 2.92. The summed E-state index contributed by atoms with van der Waals surface area (Å²) in [5.74, 6) is -0.0151. The fourth-order valence-corrected chi connectivity index (χ4v) is 1.51. The topological polar surface area (TPSA) is 26.3 Å². The van der Waals surface area contributed by atoms with Crippen molar-refractivity contribution in [2.24, 2.45) is 0 Å². The molecule has 0 heterocycles. The van der Waals surface area contributed by atoms with Gasteiger partial charge in [-0.2, -0.15) is 13.2 Å². The van der Waals surface area contributed by atoms with Crippen LogP contribution in [0.25, 0.3) is 0 Å². The molecule has 0 atom stereocenters. The molecule has 0 bridgehead atoms. The number of carbonyl (C=O) groups excluding carboxylic acids is 1. The third-order valence-electron chi connectivity index (χ3n) is 2.13. The predicted octanol–water partition coefficient (Wildman–Crippen LogP) is 3.58. The second-order valence-corrected chi connectivity index (χ2v) is 3.84. The summed E-state index contributed by atoms with van der Waals surface area (Å²) < 4.78 is 43.3. The summed E-state index contributed by atoms with van der Waals surface area (Å²) in [6.07, 6.45) is -3.16. The molecule has 1 aromatic carbocycles. The van der Waals surface area contributed by atoms with E-state index in [4.69, 9.17) is 16.3 Å². The highest BCUT2D eigenvalue weighted by molar-refractivity contribution is 6.63. The molecule has 0 aromatic heterocycles. The fraction of sp³-hybridized carbons (Fsp3) is 0.250. The summed E-state index contributed by atoms with van der Waals surface area (Å²) >= 11 is 5.08. The van der Waals surface area contributed by atoms with Crippen molar-refractivity contribution in [1.82, 2.24) is 0 Å². The minimum atomic E-state index is -4.48. The number of carbonyl (C=O) groups is 1. The third-order valence-corrected chi connectivity index (χ3v) is 2.24. The lowest BCUT2D eigenvalue weighted by molar-refractivity contribution is -0.138. The maximum Gasteiger partial charge on any atom is 0.416 e. The molecule has 0 radical (unpaired) electrons. The van der Waals surface area contributed by atoms with Gasteiger partial charge in [-0.25, -0.2) is 0 Å². The number of hydrogen-bond donors (Lipinski definition) is 0. The van der Waals surface area contributed by atoms with Crippen molar-refractivity contribution in [3.05, 3.63) is 42.0 Å². The lowest BCUT2D eigenvalue weighted by Crippen LogP contribution is -2.12. The molecule has 98 valence electrons. The summed E-state index contributed by atoms with van der Waals surface area (Å²) in [5.41, 5.74) is -0.861. The van der Waals surface area contributed by atoms with Crippen LogP contribution in [0.4, 0.5) is 13.2 Å². The Kier molecular flexibility index (Phi) is 4.78. The highest BCUT2D eigenvalue weighted by atomic mass is 35.5. The van der Waals surface area contributed by atoms with Gasteiger partial charge in [0.25, 0.3) is 5.24 Å². The van der Waals surface area contributed by atoms with Gasteiger partial charge in [0.2, 0.25) is 0 Å². The van der Waals surface area contributed by atoms with E-state index in [1.54, 1.807) is 0 Å². The SMILES string of the molecule is C=CCc1c(OCC(=O)Cl)cccc1C(F)(F)F. The maximum absolute atomic E-state index is 12.8. The Morgan fingerprint density at radius 1 is 1.44 bits per heavy atom. The quantitative estimate of drug-likeness (QED) is 0.608. The van der Waals surface area contributed by atoms with E-state index in [1.807, 2.05) is 0 Å². The van der Waals surface area contributed by atoms with E-state index in [2.05, 4.69) is 6.58 Å². The van der Waals surface area contributed by atoms with Crippen molar-refractivity contribution in [1.29, 1.82) is 0 Å². The molecule has 0 aliphatic carbocycles. The smallest absolute Gasteiger partial charge is 0.416 e. The number of benzene rings is 1. The van der Waals surface area contributed by atoms with E-state index >= 15 is 0 Å². The molecule has 0 aliphatic heterocycles. The Hall–Kier alpha value is -1.49. The molecule has 2 nitrogen and oxygen atoms in total. The third kappa shape index (κ3) is 3.77. The normalized spacial score (nSPS) is 11.1. The Bertz CT molecular complexity index is 455. The van der Waals surface area contributed by atoms with Crippen molar-refractivity contribution in [2.75, 3.05) is 6.61 Å². The highest BCUT2D eigenvalue weighted by Gasteiger charge is 2.34. The zero-order valence-electron chi connectivity index (χ0n) is 9.26. The zero-order valence-corrected chi connectivity index (χ0v) is 10.0. The van der Waals surface area contributed by atoms with Gasteiger partial charge in [-0.15, -0.1) is 6.58 Å². The molecule has 0 saturated carbocycles. The first-order valence-electron chi connectivity index (χ1n) is 4.97. The van der Waals surface area contributed by atoms with Gasteiger partial charge in [0.1, 0.15) is 5.75 Å². The standard InChI is InChI=1S/C12H10ClF3O2/c1-2-4-8-9(12(14,15)16)5-3-6-10(8)18-7-11(13)17/h2-3,5-6H,1,4,7H2. The van der Waals surface area contributed by atoms with E-state index in [9.17, 15) is 18.0 Å². The first kappa shape index (κ1) is 14.6. The van der Waals surface area contributed by atoms with Crippen LogP contribution >= 0.6 is 11.6 Å². The number of rotatable bonds is 5. The van der Waals surface area contributed by atoms with Crippen molar-refractivity contribution in [2.45, 2.75) is 12.6 Å². The van der Waals surface area contributed by atoms with Gasteiger partial charge in [0, 0.05) is 5.56 Å². The Morgan fingerprint density at radius 3 is 2.61 bits per heavy atom. The second kappa shape index (κ2) is 5.91. The highest BCUT2D eigenvalue weighted by Crippen LogP contribution is 2.36. The van der Waals surface area contributed by atoms with Crippen LogP contribution in [0.15, 0.2) is 30.9 Å². The molecule has 0 saturated heterocycles. The van der Waals surface area contributed by atoms with Crippen LogP contribution in [-0.2, 0) is 17.4 Å². The van der Waals surface area contributed by atoms with E-state index in [-0.39, 0.29) is 17.7 Å². The van der Waals surface area contributed by atoms with Gasteiger partial charge < -0.3 is 4.74 Å². The number of hydrogen-bond acceptors (Lipinski definition) is 2. The average Bonchev–Trinajstić information content (AvgIpc) is 2.26. The first-order valence-corrected chi connectivity index (χ1v) is 5.35. The summed E-state index contributed by atoms with van der Waals surface area (Å²) in [7, 11) is 0. The van der Waals surface area contributed by atoms with Crippen LogP contribution in [0.5, 0.6) is 5.75 Å². The lowest BCUT2D eigenvalue weighted by Gasteiger charge is -2.15. The number of allylic oxidation sites excluding steroid dienone is 1. The van der Waals surface area contributed by atoms with Crippen molar-refractivity contribution < 1.29 is 22.7 Å². The van der Waals surface area contributed by atoms with Gasteiger partial charge in [-0.3, -0.25) is 4.79 Å². The molecule has 1 aromatic rings. The van der Waals surface area contributed by atoms with Crippen LogP contribution in [0.3, 0.4) is 0 Å². The minimum absolute atomic E-state index is 0.0124. The Labute approximate surface area is 107 Å². The molecule has 0 fully saturated rings. The molecule has 6 heteroatoms. The Morgan fingerprint density at radius 2 is 2.11 bits per heavy atom. The fourth-order valence-electron chi connectivity index (χ4n) is 1.46. The predicted molar refractivity (Wildman–Crippen MR) is 61.7 cm³/mol. The van der Waals surface area contributed by atoms with E-state index < -0.39 is 23.6 Å². The number of alkyl halides is 3. The van der Waals surface area contributed by atoms with E-state index in [0.717, 1.165) is 6.07 Å².